The van der Waals surface area contributed by atoms with Crippen molar-refractivity contribution in [3.8, 4) is 0 Å². The summed E-state index contributed by atoms with van der Waals surface area (Å²) < 4.78 is 22.9. The molecule has 2 heterocycles. The molecule has 0 unspecified atom stereocenters. The molecule has 0 spiro atoms. The maximum atomic E-state index is 12.0. The second-order valence-electron chi connectivity index (χ2n) is 4.39. The topological polar surface area (TPSA) is 104 Å². The smallest absolute Gasteiger partial charge is 0.338 e. The summed E-state index contributed by atoms with van der Waals surface area (Å²) in [5.74, 6) is -1.09. The van der Waals surface area contributed by atoms with Crippen LogP contribution in [0.5, 0.6) is 0 Å². The van der Waals surface area contributed by atoms with Crippen LogP contribution in [0.4, 0.5) is 9.80 Å². The van der Waals surface area contributed by atoms with Crippen molar-refractivity contribution in [3.63, 3.8) is 0 Å². The van der Waals surface area contributed by atoms with Crippen LogP contribution in [0, 0.1) is 0 Å². The molecule has 2 N–H and O–H groups in total. The molecule has 9 heteroatoms. The molecule has 2 amide bonds. The zero-order chi connectivity index (χ0) is 14.8. The minimum atomic E-state index is -3.08. The molecular weight excluding hydrogens is 304 g/mol. The van der Waals surface area contributed by atoms with E-state index in [1.807, 2.05) is 0 Å². The molecule has 0 radical (unpaired) electrons. The first-order valence-corrected chi connectivity index (χ1v) is 8.66. The summed E-state index contributed by atoms with van der Waals surface area (Å²) in [6, 6.07) is 0.947. The van der Waals surface area contributed by atoms with E-state index in [0.717, 1.165) is 11.3 Å². The lowest BCUT2D eigenvalue weighted by Gasteiger charge is -2.19. The maximum Gasteiger partial charge on any atom is 0.338 e. The van der Waals surface area contributed by atoms with Crippen LogP contribution in [0.3, 0.4) is 0 Å². The minimum Gasteiger partial charge on any atom is -0.478 e. The highest BCUT2D eigenvalue weighted by Gasteiger charge is 2.23. The predicted octanol–water partition coefficient (Wildman–Crippen LogP) is 1.10. The number of anilines is 1. The highest BCUT2D eigenvalue weighted by Crippen LogP contribution is 2.23. The predicted molar refractivity (Wildman–Crippen MR) is 75.1 cm³/mol. The molecule has 0 aromatic carbocycles. The van der Waals surface area contributed by atoms with Gasteiger partial charge in [-0.3, -0.25) is 5.32 Å². The lowest BCUT2D eigenvalue weighted by atomic mass is 10.3. The molecule has 2 rings (SSSR count). The second-order valence-corrected chi connectivity index (χ2v) is 7.61. The first-order valence-electron chi connectivity index (χ1n) is 5.96. The summed E-state index contributed by atoms with van der Waals surface area (Å²) >= 11 is 1.12. The highest BCUT2D eigenvalue weighted by atomic mass is 32.2. The van der Waals surface area contributed by atoms with Gasteiger partial charge in [-0.15, -0.1) is 11.3 Å². The van der Waals surface area contributed by atoms with Crippen LogP contribution in [-0.2, 0) is 9.84 Å². The van der Waals surface area contributed by atoms with Gasteiger partial charge in [-0.2, -0.15) is 0 Å². The molecule has 110 valence electrons. The fraction of sp³-hybridized carbons (Fsp3) is 0.455. The van der Waals surface area contributed by atoms with Gasteiger partial charge in [0.15, 0.2) is 9.84 Å². The Balaban J connectivity index is 2.05. The number of amides is 2. The molecule has 1 aliphatic rings. The molecule has 0 atom stereocenters. The van der Waals surface area contributed by atoms with E-state index in [1.54, 1.807) is 5.38 Å². The third-order valence-corrected chi connectivity index (χ3v) is 5.50. The Labute approximate surface area is 120 Å². The number of carboxylic acids is 1. The molecule has 1 fully saturated rings. The van der Waals surface area contributed by atoms with Gasteiger partial charge in [-0.25, -0.2) is 18.0 Å². The SMILES string of the molecule is O=C(O)c1ccsc1NC(=O)N1CCCS(=O)(=O)CC1. The molecule has 1 aromatic rings. The number of carboxylic acid groups (broad SMARTS) is 1. The summed E-state index contributed by atoms with van der Waals surface area (Å²) in [4.78, 5) is 24.4. The van der Waals surface area contributed by atoms with Crippen molar-refractivity contribution < 1.29 is 23.1 Å². The first kappa shape index (κ1) is 14.8. The van der Waals surface area contributed by atoms with Gasteiger partial charge in [0.1, 0.15) is 5.00 Å². The standard InChI is InChI=1S/C11H14N2O5S2/c14-10(15)8-2-5-19-9(8)12-11(16)13-3-1-6-20(17,18)7-4-13/h2,5H,1,3-4,6-7H2,(H,12,16)(H,14,15). The lowest BCUT2D eigenvalue weighted by Crippen LogP contribution is -2.37. The van der Waals surface area contributed by atoms with Crippen molar-refractivity contribution in [2.45, 2.75) is 6.42 Å². The Bertz CT molecular complexity index is 623. The van der Waals surface area contributed by atoms with Crippen LogP contribution in [0.15, 0.2) is 11.4 Å². The Morgan fingerprint density at radius 2 is 2.05 bits per heavy atom. The van der Waals surface area contributed by atoms with E-state index >= 15 is 0 Å². The average Bonchev–Trinajstić information content (AvgIpc) is 2.73. The van der Waals surface area contributed by atoms with Gasteiger partial charge in [0.2, 0.25) is 0 Å². The number of thiophene rings is 1. The quantitative estimate of drug-likeness (QED) is 0.850. The Morgan fingerprint density at radius 1 is 1.30 bits per heavy atom. The van der Waals surface area contributed by atoms with Gasteiger partial charge < -0.3 is 10.0 Å². The van der Waals surface area contributed by atoms with E-state index in [2.05, 4.69) is 5.32 Å². The zero-order valence-corrected chi connectivity index (χ0v) is 12.2. The van der Waals surface area contributed by atoms with Gasteiger partial charge in [0.25, 0.3) is 0 Å². The molecule has 0 saturated carbocycles. The molecule has 0 aliphatic carbocycles. The molecular formula is C11H14N2O5S2. The molecule has 20 heavy (non-hydrogen) atoms. The van der Waals surface area contributed by atoms with Crippen LogP contribution in [0.1, 0.15) is 16.8 Å². The van der Waals surface area contributed by atoms with E-state index in [-0.39, 0.29) is 28.6 Å². The van der Waals surface area contributed by atoms with Crippen LogP contribution >= 0.6 is 11.3 Å². The van der Waals surface area contributed by atoms with Crippen molar-refractivity contribution in [2.24, 2.45) is 0 Å². The van der Waals surface area contributed by atoms with Crippen molar-refractivity contribution in [1.82, 2.24) is 4.90 Å². The number of aromatic carboxylic acids is 1. The van der Waals surface area contributed by atoms with Crippen LogP contribution < -0.4 is 5.32 Å². The van der Waals surface area contributed by atoms with E-state index in [0.29, 0.717) is 13.0 Å². The van der Waals surface area contributed by atoms with Gasteiger partial charge in [0.05, 0.1) is 17.1 Å². The van der Waals surface area contributed by atoms with Crippen molar-refractivity contribution in [2.75, 3.05) is 29.9 Å². The normalized spacial score (nSPS) is 18.3. The number of carbonyl (C=O) groups excluding carboxylic acids is 1. The molecule has 1 saturated heterocycles. The Kier molecular flexibility index (Phi) is 4.29. The van der Waals surface area contributed by atoms with Crippen LogP contribution in [0.2, 0.25) is 0 Å². The number of rotatable bonds is 2. The van der Waals surface area contributed by atoms with E-state index < -0.39 is 21.8 Å². The average molecular weight is 318 g/mol. The third kappa shape index (κ3) is 3.48. The second kappa shape index (κ2) is 5.80. The number of hydrogen-bond donors (Lipinski definition) is 2. The molecule has 1 aromatic heterocycles. The summed E-state index contributed by atoms with van der Waals surface area (Å²) in [7, 11) is -3.08. The summed E-state index contributed by atoms with van der Waals surface area (Å²) in [6.07, 6.45) is 0.395. The number of nitrogens with one attached hydrogen (secondary N) is 1. The van der Waals surface area contributed by atoms with E-state index in [9.17, 15) is 18.0 Å². The largest absolute Gasteiger partial charge is 0.478 e. The van der Waals surface area contributed by atoms with Crippen LogP contribution in [-0.4, -0.2) is 55.0 Å². The Hall–Kier alpha value is -1.61. The molecule has 0 bridgehead atoms. The van der Waals surface area contributed by atoms with Gasteiger partial charge in [-0.05, 0) is 17.9 Å². The number of carbonyl (C=O) groups is 2. The van der Waals surface area contributed by atoms with Gasteiger partial charge >= 0.3 is 12.0 Å². The fourth-order valence-corrected chi connectivity index (χ4v) is 3.93. The molecule has 7 nitrogen and oxygen atoms in total. The van der Waals surface area contributed by atoms with Crippen LogP contribution in [0.25, 0.3) is 0 Å². The van der Waals surface area contributed by atoms with Crippen molar-refractivity contribution >= 4 is 38.2 Å². The maximum absolute atomic E-state index is 12.0. The Morgan fingerprint density at radius 3 is 2.75 bits per heavy atom. The van der Waals surface area contributed by atoms with Gasteiger partial charge in [0, 0.05) is 13.1 Å². The van der Waals surface area contributed by atoms with Crippen molar-refractivity contribution in [3.05, 3.63) is 17.0 Å². The summed E-state index contributed by atoms with van der Waals surface area (Å²) in [5, 5.41) is 13.3. The van der Waals surface area contributed by atoms with E-state index in [1.165, 1.54) is 11.0 Å². The van der Waals surface area contributed by atoms with Crippen molar-refractivity contribution in [1.29, 1.82) is 0 Å². The van der Waals surface area contributed by atoms with E-state index in [4.69, 9.17) is 5.11 Å². The van der Waals surface area contributed by atoms with Gasteiger partial charge in [-0.1, -0.05) is 0 Å². The first-order chi connectivity index (χ1) is 9.39. The summed E-state index contributed by atoms with van der Waals surface area (Å²) in [5.41, 5.74) is 0.0331. The zero-order valence-electron chi connectivity index (χ0n) is 10.5. The summed E-state index contributed by atoms with van der Waals surface area (Å²) in [6.45, 7) is 0.473. The molecule has 1 aliphatic heterocycles. The number of nitrogens with zero attached hydrogens (tertiary/aromatic N) is 1. The third-order valence-electron chi connectivity index (χ3n) is 2.96. The highest BCUT2D eigenvalue weighted by molar-refractivity contribution is 7.91. The lowest BCUT2D eigenvalue weighted by molar-refractivity contribution is 0.0698. The minimum absolute atomic E-state index is 0.0331. The number of sulfone groups is 1. The monoisotopic (exact) mass is 318 g/mol. The number of urea groups is 1. The fourth-order valence-electron chi connectivity index (χ4n) is 1.89. The number of hydrogen-bond acceptors (Lipinski definition) is 5.